The van der Waals surface area contributed by atoms with Crippen LogP contribution in [0.3, 0.4) is 0 Å². The van der Waals surface area contributed by atoms with Crippen molar-refractivity contribution >= 4 is 5.78 Å². The van der Waals surface area contributed by atoms with Crippen molar-refractivity contribution in [3.8, 4) is 11.5 Å². The van der Waals surface area contributed by atoms with Crippen LogP contribution in [0.2, 0.25) is 0 Å². The zero-order chi connectivity index (χ0) is 11.7. The molecule has 0 saturated carbocycles. The highest BCUT2D eigenvalue weighted by Crippen LogP contribution is 2.38. The van der Waals surface area contributed by atoms with Crippen molar-refractivity contribution in [3.05, 3.63) is 23.3 Å². The molecule has 0 unspecified atom stereocenters. The molecule has 16 heavy (non-hydrogen) atoms. The number of hydrogen-bond donors (Lipinski definition) is 0. The lowest BCUT2D eigenvalue weighted by Gasteiger charge is -2.15. The number of fused-ring (bicyclic) bond motifs is 1. The van der Waals surface area contributed by atoms with E-state index in [-0.39, 0.29) is 19.0 Å². The molecule has 86 valence electrons. The SMILES string of the molecule is Cc1cc2c(c(C(C)C)c1)OCC(=O)CO2. The summed E-state index contributed by atoms with van der Waals surface area (Å²) in [5.41, 5.74) is 2.23. The summed E-state index contributed by atoms with van der Waals surface area (Å²) in [5.74, 6) is 1.75. The van der Waals surface area contributed by atoms with Gasteiger partial charge < -0.3 is 9.47 Å². The van der Waals surface area contributed by atoms with Crippen molar-refractivity contribution in [3.63, 3.8) is 0 Å². The van der Waals surface area contributed by atoms with Crippen LogP contribution in [0.4, 0.5) is 0 Å². The van der Waals surface area contributed by atoms with E-state index < -0.39 is 0 Å². The summed E-state index contributed by atoms with van der Waals surface area (Å²) in [7, 11) is 0. The molecular formula is C13H16O3. The van der Waals surface area contributed by atoms with Gasteiger partial charge in [0.2, 0.25) is 5.78 Å². The molecule has 0 atom stereocenters. The highest BCUT2D eigenvalue weighted by molar-refractivity contribution is 5.82. The largest absolute Gasteiger partial charge is 0.482 e. The van der Waals surface area contributed by atoms with Crippen LogP contribution in [0, 0.1) is 6.92 Å². The molecule has 0 amide bonds. The van der Waals surface area contributed by atoms with E-state index in [0.717, 1.165) is 16.9 Å². The summed E-state index contributed by atoms with van der Waals surface area (Å²) >= 11 is 0. The summed E-state index contributed by atoms with van der Waals surface area (Å²) in [4.78, 5) is 11.3. The van der Waals surface area contributed by atoms with Gasteiger partial charge in [0.25, 0.3) is 0 Å². The number of rotatable bonds is 1. The molecule has 0 spiro atoms. The van der Waals surface area contributed by atoms with E-state index in [4.69, 9.17) is 9.47 Å². The van der Waals surface area contributed by atoms with Crippen molar-refractivity contribution in [1.82, 2.24) is 0 Å². The van der Waals surface area contributed by atoms with E-state index in [1.165, 1.54) is 0 Å². The molecule has 0 N–H and O–H groups in total. The Morgan fingerprint density at radius 3 is 2.56 bits per heavy atom. The fraction of sp³-hybridized carbons (Fsp3) is 0.462. The number of ketones is 1. The third kappa shape index (κ3) is 2.03. The van der Waals surface area contributed by atoms with Gasteiger partial charge in [-0.25, -0.2) is 0 Å². The first-order valence-electron chi connectivity index (χ1n) is 5.49. The van der Waals surface area contributed by atoms with E-state index in [0.29, 0.717) is 11.7 Å². The molecule has 1 aromatic carbocycles. The van der Waals surface area contributed by atoms with Gasteiger partial charge in [-0.15, -0.1) is 0 Å². The van der Waals surface area contributed by atoms with Crippen LogP contribution in [-0.4, -0.2) is 19.0 Å². The zero-order valence-corrected chi connectivity index (χ0v) is 9.87. The fourth-order valence-corrected chi connectivity index (χ4v) is 1.81. The van der Waals surface area contributed by atoms with Gasteiger partial charge in [0, 0.05) is 5.56 Å². The van der Waals surface area contributed by atoms with Crippen LogP contribution < -0.4 is 9.47 Å². The molecule has 0 radical (unpaired) electrons. The number of aryl methyl sites for hydroxylation is 1. The second-order valence-corrected chi connectivity index (χ2v) is 4.45. The van der Waals surface area contributed by atoms with E-state index in [9.17, 15) is 4.79 Å². The molecule has 1 aliphatic heterocycles. The van der Waals surface area contributed by atoms with Crippen molar-refractivity contribution < 1.29 is 14.3 Å². The first kappa shape index (κ1) is 11.0. The average molecular weight is 220 g/mol. The minimum atomic E-state index is -0.0245. The number of hydrogen-bond acceptors (Lipinski definition) is 3. The van der Waals surface area contributed by atoms with E-state index in [1.54, 1.807) is 0 Å². The Morgan fingerprint density at radius 2 is 1.88 bits per heavy atom. The van der Waals surface area contributed by atoms with Crippen molar-refractivity contribution in [1.29, 1.82) is 0 Å². The molecule has 3 nitrogen and oxygen atoms in total. The molecule has 0 aliphatic carbocycles. The quantitative estimate of drug-likeness (QED) is 0.729. The van der Waals surface area contributed by atoms with Crippen LogP contribution in [0.25, 0.3) is 0 Å². The van der Waals surface area contributed by atoms with Gasteiger partial charge in [-0.2, -0.15) is 0 Å². The maximum absolute atomic E-state index is 11.3. The summed E-state index contributed by atoms with van der Waals surface area (Å²) in [6, 6.07) is 4.00. The Labute approximate surface area is 95.4 Å². The third-order valence-corrected chi connectivity index (χ3v) is 2.62. The fourth-order valence-electron chi connectivity index (χ4n) is 1.81. The number of Topliss-reactive ketones (excluding diaryl/α,β-unsaturated/α-hetero) is 1. The van der Waals surface area contributed by atoms with Gasteiger partial charge >= 0.3 is 0 Å². The van der Waals surface area contributed by atoms with Gasteiger partial charge in [-0.3, -0.25) is 4.79 Å². The first-order valence-corrected chi connectivity index (χ1v) is 5.49. The van der Waals surface area contributed by atoms with Crippen LogP contribution in [0.1, 0.15) is 30.9 Å². The van der Waals surface area contributed by atoms with Crippen LogP contribution >= 0.6 is 0 Å². The van der Waals surface area contributed by atoms with Gasteiger partial charge in [0.15, 0.2) is 24.7 Å². The standard InChI is InChI=1S/C13H16O3/c1-8(2)11-4-9(3)5-12-13(11)16-7-10(14)6-15-12/h4-5,8H,6-7H2,1-3H3. The number of benzene rings is 1. The van der Waals surface area contributed by atoms with Gasteiger partial charge in [-0.05, 0) is 24.5 Å². The molecule has 2 rings (SSSR count). The predicted molar refractivity (Wildman–Crippen MR) is 61.3 cm³/mol. The number of carbonyl (C=O) groups is 1. The van der Waals surface area contributed by atoms with Crippen molar-refractivity contribution in [2.24, 2.45) is 0 Å². The topological polar surface area (TPSA) is 35.5 Å². The average Bonchev–Trinajstić information content (AvgIpc) is 2.40. The summed E-state index contributed by atoms with van der Waals surface area (Å²) in [6.07, 6.45) is 0. The molecule has 1 aromatic rings. The highest BCUT2D eigenvalue weighted by Gasteiger charge is 2.20. The molecule has 3 heteroatoms. The molecule has 0 bridgehead atoms. The highest BCUT2D eigenvalue weighted by atomic mass is 16.5. The van der Waals surface area contributed by atoms with E-state index in [1.807, 2.05) is 13.0 Å². The van der Waals surface area contributed by atoms with Crippen molar-refractivity contribution in [2.45, 2.75) is 26.7 Å². The minimum Gasteiger partial charge on any atom is -0.482 e. The summed E-state index contributed by atoms with van der Waals surface area (Å²) in [5, 5.41) is 0. The summed E-state index contributed by atoms with van der Waals surface area (Å²) in [6.45, 7) is 6.43. The molecule has 0 saturated heterocycles. The van der Waals surface area contributed by atoms with Gasteiger partial charge in [0.05, 0.1) is 0 Å². The molecule has 1 aliphatic rings. The zero-order valence-electron chi connectivity index (χ0n) is 9.87. The smallest absolute Gasteiger partial charge is 0.207 e. The minimum absolute atomic E-state index is 0.0245. The Hall–Kier alpha value is -1.51. The molecule has 0 fully saturated rings. The Morgan fingerprint density at radius 1 is 1.19 bits per heavy atom. The van der Waals surface area contributed by atoms with Crippen LogP contribution in [-0.2, 0) is 4.79 Å². The first-order chi connectivity index (χ1) is 7.58. The van der Waals surface area contributed by atoms with E-state index in [2.05, 4.69) is 19.9 Å². The number of carbonyl (C=O) groups excluding carboxylic acids is 1. The Bertz CT molecular complexity index is 421. The Kier molecular flexibility index (Phi) is 2.86. The van der Waals surface area contributed by atoms with Crippen molar-refractivity contribution in [2.75, 3.05) is 13.2 Å². The maximum Gasteiger partial charge on any atom is 0.207 e. The monoisotopic (exact) mass is 220 g/mol. The second-order valence-electron chi connectivity index (χ2n) is 4.45. The van der Waals surface area contributed by atoms with Crippen LogP contribution in [0.15, 0.2) is 12.1 Å². The van der Waals surface area contributed by atoms with E-state index >= 15 is 0 Å². The lowest BCUT2D eigenvalue weighted by molar-refractivity contribution is -0.122. The Balaban J connectivity index is 2.49. The second kappa shape index (κ2) is 4.16. The predicted octanol–water partition coefficient (Wildman–Crippen LogP) is 2.46. The molecule has 0 aromatic heterocycles. The van der Waals surface area contributed by atoms with Crippen LogP contribution in [0.5, 0.6) is 11.5 Å². The molecule has 1 heterocycles. The number of ether oxygens (including phenoxy) is 2. The lowest BCUT2D eigenvalue weighted by Crippen LogP contribution is -2.15. The maximum atomic E-state index is 11.3. The summed E-state index contributed by atoms with van der Waals surface area (Å²) < 4.78 is 11.0. The lowest BCUT2D eigenvalue weighted by atomic mass is 9.99. The molecular weight excluding hydrogens is 204 g/mol. The normalized spacial score (nSPS) is 15.1. The van der Waals surface area contributed by atoms with Gasteiger partial charge in [-0.1, -0.05) is 19.9 Å². The van der Waals surface area contributed by atoms with Gasteiger partial charge in [0.1, 0.15) is 0 Å². The third-order valence-electron chi connectivity index (χ3n) is 2.62.